The van der Waals surface area contributed by atoms with E-state index in [-0.39, 0.29) is 0 Å². The van der Waals surface area contributed by atoms with Crippen molar-refractivity contribution >= 4 is 5.69 Å². The van der Waals surface area contributed by atoms with Crippen LogP contribution in [-0.4, -0.2) is 18.6 Å². The van der Waals surface area contributed by atoms with E-state index in [4.69, 9.17) is 5.73 Å². The molecule has 1 aromatic carbocycles. The maximum absolute atomic E-state index is 6.18. The predicted molar refractivity (Wildman–Crippen MR) is 81.6 cm³/mol. The first kappa shape index (κ1) is 13.0. The van der Waals surface area contributed by atoms with Crippen molar-refractivity contribution in [3.8, 4) is 0 Å². The summed E-state index contributed by atoms with van der Waals surface area (Å²) in [5, 5.41) is 0. The summed E-state index contributed by atoms with van der Waals surface area (Å²) in [6.07, 6.45) is 6.31. The van der Waals surface area contributed by atoms with Crippen LogP contribution in [0.3, 0.4) is 0 Å². The van der Waals surface area contributed by atoms with Gasteiger partial charge in [-0.25, -0.2) is 0 Å². The van der Waals surface area contributed by atoms with Gasteiger partial charge in [-0.15, -0.1) is 0 Å². The number of nitrogens with two attached hydrogens (primary N) is 1. The van der Waals surface area contributed by atoms with Gasteiger partial charge in [0.05, 0.1) is 0 Å². The summed E-state index contributed by atoms with van der Waals surface area (Å²) < 4.78 is 0. The van der Waals surface area contributed by atoms with Crippen LogP contribution >= 0.6 is 0 Å². The Kier molecular flexibility index (Phi) is 3.53. The van der Waals surface area contributed by atoms with Crippen molar-refractivity contribution in [3.05, 3.63) is 29.3 Å². The first-order valence-corrected chi connectivity index (χ1v) is 7.79. The quantitative estimate of drug-likeness (QED) is 0.898. The van der Waals surface area contributed by atoms with Crippen molar-refractivity contribution < 1.29 is 0 Å². The second kappa shape index (κ2) is 5.16. The van der Waals surface area contributed by atoms with Gasteiger partial charge in [0.2, 0.25) is 0 Å². The molecule has 104 valence electrons. The molecule has 1 aromatic rings. The molecule has 1 saturated carbocycles. The first-order valence-electron chi connectivity index (χ1n) is 7.79. The third-order valence-electron chi connectivity index (χ3n) is 4.96. The molecule has 2 bridgehead atoms. The number of hydrogen-bond donors (Lipinski definition) is 1. The van der Waals surface area contributed by atoms with Crippen LogP contribution in [0, 0.1) is 12.8 Å². The van der Waals surface area contributed by atoms with E-state index in [0.717, 1.165) is 24.8 Å². The highest BCUT2D eigenvalue weighted by atomic mass is 15.2. The zero-order valence-corrected chi connectivity index (χ0v) is 12.2. The molecule has 2 N–H and O–H groups in total. The lowest BCUT2D eigenvalue weighted by Gasteiger charge is -2.31. The number of rotatable bonds is 4. The van der Waals surface area contributed by atoms with Gasteiger partial charge in [-0.1, -0.05) is 24.6 Å². The minimum atomic E-state index is 0.292. The third-order valence-corrected chi connectivity index (χ3v) is 4.96. The maximum Gasteiger partial charge on any atom is 0.0402 e. The molecule has 1 aliphatic heterocycles. The predicted octanol–water partition coefficient (Wildman–Crippen LogP) is 3.26. The molecule has 1 saturated heterocycles. The number of benzene rings is 1. The molecule has 0 aromatic heterocycles. The number of fused-ring (bicyclic) bond motifs is 2. The summed E-state index contributed by atoms with van der Waals surface area (Å²) >= 11 is 0. The standard InChI is InChI=1S/C17H26N2/c1-3-15(18)10-14-8-12(2)4-7-17(14)19-11-13-5-6-16(19)9-13/h4,7-8,13,15-16H,3,5-6,9-11,18H2,1-2H3. The molecule has 2 nitrogen and oxygen atoms in total. The summed E-state index contributed by atoms with van der Waals surface area (Å²) in [4.78, 5) is 2.66. The number of nitrogens with zero attached hydrogens (tertiary/aromatic N) is 1. The molecular weight excluding hydrogens is 232 g/mol. The minimum Gasteiger partial charge on any atom is -0.368 e. The van der Waals surface area contributed by atoms with Gasteiger partial charge in [0.15, 0.2) is 0 Å². The number of aryl methyl sites for hydroxylation is 1. The van der Waals surface area contributed by atoms with Gasteiger partial charge in [-0.3, -0.25) is 0 Å². The highest BCUT2D eigenvalue weighted by molar-refractivity contribution is 5.57. The molecular formula is C17H26N2. The van der Waals surface area contributed by atoms with E-state index in [2.05, 4.69) is 36.9 Å². The maximum atomic E-state index is 6.18. The number of anilines is 1. The van der Waals surface area contributed by atoms with E-state index in [1.807, 2.05) is 0 Å². The molecule has 0 spiro atoms. The lowest BCUT2D eigenvalue weighted by atomic mass is 9.99. The lowest BCUT2D eigenvalue weighted by Crippen LogP contribution is -2.33. The Morgan fingerprint density at radius 1 is 1.37 bits per heavy atom. The van der Waals surface area contributed by atoms with Crippen molar-refractivity contribution in [2.45, 2.75) is 58.0 Å². The SMILES string of the molecule is CCC(N)Cc1cc(C)ccc1N1CC2CCC1C2. The summed E-state index contributed by atoms with van der Waals surface area (Å²) in [6, 6.07) is 8.01. The number of piperidine rings is 1. The minimum absolute atomic E-state index is 0.292. The molecule has 0 amide bonds. The van der Waals surface area contributed by atoms with Crippen LogP contribution in [0.1, 0.15) is 43.7 Å². The van der Waals surface area contributed by atoms with Crippen LogP contribution in [0.2, 0.25) is 0 Å². The zero-order valence-electron chi connectivity index (χ0n) is 12.2. The average Bonchev–Trinajstić information content (AvgIpc) is 3.01. The fourth-order valence-corrected chi connectivity index (χ4v) is 3.80. The Labute approximate surface area is 117 Å². The largest absolute Gasteiger partial charge is 0.368 e. The molecule has 2 fully saturated rings. The second-order valence-corrected chi connectivity index (χ2v) is 6.49. The van der Waals surface area contributed by atoms with Gasteiger partial charge in [0.1, 0.15) is 0 Å². The molecule has 3 rings (SSSR count). The van der Waals surface area contributed by atoms with E-state index in [1.165, 1.54) is 42.6 Å². The average molecular weight is 258 g/mol. The molecule has 1 aliphatic carbocycles. The fourth-order valence-electron chi connectivity index (χ4n) is 3.80. The molecule has 3 unspecified atom stereocenters. The summed E-state index contributed by atoms with van der Waals surface area (Å²) in [7, 11) is 0. The topological polar surface area (TPSA) is 29.3 Å². The molecule has 19 heavy (non-hydrogen) atoms. The zero-order chi connectivity index (χ0) is 13.4. The van der Waals surface area contributed by atoms with Crippen molar-refractivity contribution in [2.75, 3.05) is 11.4 Å². The van der Waals surface area contributed by atoms with E-state index in [1.54, 1.807) is 0 Å². The van der Waals surface area contributed by atoms with Gasteiger partial charge in [-0.05, 0) is 56.6 Å². The van der Waals surface area contributed by atoms with Gasteiger partial charge in [0, 0.05) is 24.3 Å². The second-order valence-electron chi connectivity index (χ2n) is 6.49. The van der Waals surface area contributed by atoms with Gasteiger partial charge < -0.3 is 10.6 Å². The van der Waals surface area contributed by atoms with Crippen LogP contribution < -0.4 is 10.6 Å². The van der Waals surface area contributed by atoms with Crippen LogP contribution in [0.25, 0.3) is 0 Å². The van der Waals surface area contributed by atoms with Crippen molar-refractivity contribution in [3.63, 3.8) is 0 Å². The van der Waals surface area contributed by atoms with Crippen LogP contribution in [0.4, 0.5) is 5.69 Å². The Morgan fingerprint density at radius 2 is 2.21 bits per heavy atom. The monoisotopic (exact) mass is 258 g/mol. The molecule has 1 heterocycles. The van der Waals surface area contributed by atoms with Gasteiger partial charge >= 0.3 is 0 Å². The third kappa shape index (κ3) is 2.51. The van der Waals surface area contributed by atoms with Crippen LogP contribution in [0.5, 0.6) is 0 Å². The summed E-state index contributed by atoms with van der Waals surface area (Å²) in [5.41, 5.74) is 10.5. The van der Waals surface area contributed by atoms with E-state index in [0.29, 0.717) is 6.04 Å². The van der Waals surface area contributed by atoms with Crippen LogP contribution in [0.15, 0.2) is 18.2 Å². The van der Waals surface area contributed by atoms with Gasteiger partial charge in [-0.2, -0.15) is 0 Å². The summed E-state index contributed by atoms with van der Waals surface area (Å²) in [6.45, 7) is 5.63. The Morgan fingerprint density at radius 3 is 2.84 bits per heavy atom. The molecule has 2 aliphatic rings. The Balaban J connectivity index is 1.87. The van der Waals surface area contributed by atoms with Crippen molar-refractivity contribution in [1.82, 2.24) is 0 Å². The van der Waals surface area contributed by atoms with Gasteiger partial charge in [0.25, 0.3) is 0 Å². The highest BCUT2D eigenvalue weighted by Gasteiger charge is 2.38. The summed E-state index contributed by atoms with van der Waals surface area (Å²) in [5.74, 6) is 0.944. The molecule has 2 heteroatoms. The van der Waals surface area contributed by atoms with E-state index >= 15 is 0 Å². The molecule has 3 atom stereocenters. The Hall–Kier alpha value is -1.02. The number of hydrogen-bond acceptors (Lipinski definition) is 2. The highest BCUT2D eigenvalue weighted by Crippen LogP contribution is 2.41. The molecule has 0 radical (unpaired) electrons. The smallest absolute Gasteiger partial charge is 0.0402 e. The van der Waals surface area contributed by atoms with E-state index < -0.39 is 0 Å². The van der Waals surface area contributed by atoms with Crippen molar-refractivity contribution in [1.29, 1.82) is 0 Å². The first-order chi connectivity index (χ1) is 9.17. The normalized spacial score (nSPS) is 27.0. The van der Waals surface area contributed by atoms with E-state index in [9.17, 15) is 0 Å². The van der Waals surface area contributed by atoms with Crippen LogP contribution in [-0.2, 0) is 6.42 Å². The van der Waals surface area contributed by atoms with Crippen molar-refractivity contribution in [2.24, 2.45) is 11.7 Å². The Bertz CT molecular complexity index is 455. The lowest BCUT2D eigenvalue weighted by molar-refractivity contribution is 0.551. The fraction of sp³-hybridized carbons (Fsp3) is 0.647.